The zero-order chi connectivity index (χ0) is 18.2. The van der Waals surface area contributed by atoms with E-state index in [-0.39, 0.29) is 18.4 Å². The van der Waals surface area contributed by atoms with Gasteiger partial charge in [-0.1, -0.05) is 42.5 Å². The third-order valence-electron chi connectivity index (χ3n) is 5.73. The number of carbonyl (C=O) groups is 1. The van der Waals surface area contributed by atoms with Crippen LogP contribution in [0.4, 0.5) is 0 Å². The maximum absolute atomic E-state index is 13.0. The smallest absolute Gasteiger partial charge is 0.226 e. The summed E-state index contributed by atoms with van der Waals surface area (Å²) in [5.41, 5.74) is 1.12. The molecule has 26 heavy (non-hydrogen) atoms. The Hall–Kier alpha value is -1.65. The Kier molecular flexibility index (Phi) is 7.27. The fraction of sp³-hybridized carbons (Fsp3) is 0.591. The van der Waals surface area contributed by atoms with Gasteiger partial charge < -0.3 is 14.9 Å². The lowest BCUT2D eigenvalue weighted by atomic mass is 9.91. The molecule has 4 heteroatoms. The molecule has 0 aromatic heterocycles. The van der Waals surface area contributed by atoms with Gasteiger partial charge in [0.05, 0.1) is 6.61 Å². The van der Waals surface area contributed by atoms with Crippen LogP contribution in [0.3, 0.4) is 0 Å². The number of aliphatic hydroxyl groups excluding tert-OH is 1. The number of rotatable bonds is 7. The second-order valence-electron chi connectivity index (χ2n) is 7.69. The number of carbonyl (C=O) groups excluding carboxylic acids is 1. The molecule has 1 N–H and O–H groups in total. The molecule has 1 aliphatic carbocycles. The molecule has 0 saturated carbocycles. The van der Waals surface area contributed by atoms with E-state index in [9.17, 15) is 9.90 Å². The minimum absolute atomic E-state index is 0.0205. The third-order valence-corrected chi connectivity index (χ3v) is 5.73. The lowest BCUT2D eigenvalue weighted by molar-refractivity contribution is -0.138. The number of piperidine rings is 1. The van der Waals surface area contributed by atoms with Gasteiger partial charge in [-0.2, -0.15) is 0 Å². The highest BCUT2D eigenvalue weighted by Gasteiger charge is 2.29. The van der Waals surface area contributed by atoms with E-state index in [0.717, 1.165) is 37.4 Å². The first-order valence-electron chi connectivity index (χ1n) is 10.1. The van der Waals surface area contributed by atoms with E-state index in [4.69, 9.17) is 0 Å². The minimum Gasteiger partial charge on any atom is -0.395 e. The SMILES string of the molecule is O=C(C1CCN(C[C@@H]2CC=CCC2)CC1)N(CCO)Cc1ccccc1. The Morgan fingerprint density at radius 2 is 1.88 bits per heavy atom. The van der Waals surface area contributed by atoms with E-state index >= 15 is 0 Å². The van der Waals surface area contributed by atoms with Crippen molar-refractivity contribution in [3.63, 3.8) is 0 Å². The lowest BCUT2D eigenvalue weighted by Crippen LogP contribution is -2.44. The first-order chi connectivity index (χ1) is 12.8. The average molecular weight is 357 g/mol. The Morgan fingerprint density at radius 3 is 2.54 bits per heavy atom. The number of likely N-dealkylation sites (tertiary alicyclic amines) is 1. The predicted octanol–water partition coefficient (Wildman–Crippen LogP) is 3.08. The molecule has 142 valence electrons. The second-order valence-corrected chi connectivity index (χ2v) is 7.69. The van der Waals surface area contributed by atoms with Crippen molar-refractivity contribution in [2.45, 2.75) is 38.6 Å². The molecule has 1 aromatic carbocycles. The minimum atomic E-state index is 0.0205. The highest BCUT2D eigenvalue weighted by Crippen LogP contribution is 2.24. The van der Waals surface area contributed by atoms with Crippen molar-refractivity contribution >= 4 is 5.91 Å². The van der Waals surface area contributed by atoms with Crippen molar-refractivity contribution in [1.29, 1.82) is 0 Å². The Bertz CT molecular complexity index is 579. The molecule has 1 atom stereocenters. The van der Waals surface area contributed by atoms with Crippen molar-refractivity contribution < 1.29 is 9.90 Å². The van der Waals surface area contributed by atoms with Crippen LogP contribution in [0, 0.1) is 11.8 Å². The van der Waals surface area contributed by atoms with Crippen LogP contribution in [0.2, 0.25) is 0 Å². The monoisotopic (exact) mass is 356 g/mol. The van der Waals surface area contributed by atoms with Crippen molar-refractivity contribution in [3.8, 4) is 0 Å². The van der Waals surface area contributed by atoms with Crippen LogP contribution < -0.4 is 0 Å². The third kappa shape index (κ3) is 5.42. The molecule has 1 fully saturated rings. The molecule has 1 amide bonds. The van der Waals surface area contributed by atoms with Crippen molar-refractivity contribution in [2.24, 2.45) is 11.8 Å². The molecule has 1 saturated heterocycles. The molecule has 1 aromatic rings. The quantitative estimate of drug-likeness (QED) is 0.764. The van der Waals surface area contributed by atoms with Gasteiger partial charge in [0.15, 0.2) is 0 Å². The van der Waals surface area contributed by atoms with Gasteiger partial charge in [-0.15, -0.1) is 0 Å². The van der Waals surface area contributed by atoms with Crippen LogP contribution in [0.25, 0.3) is 0 Å². The Morgan fingerprint density at radius 1 is 1.12 bits per heavy atom. The molecular formula is C22H32N2O2. The molecule has 1 heterocycles. The number of aliphatic hydroxyl groups is 1. The maximum Gasteiger partial charge on any atom is 0.226 e. The summed E-state index contributed by atoms with van der Waals surface area (Å²) in [6, 6.07) is 10.1. The van der Waals surface area contributed by atoms with Gasteiger partial charge in [-0.05, 0) is 56.7 Å². The standard InChI is InChI=1S/C22H32N2O2/c25-16-15-24(18-20-9-5-2-6-10-20)22(26)21-11-13-23(14-12-21)17-19-7-3-1-4-8-19/h1-3,5-6,9-10,19,21,25H,4,7-8,11-18H2/t19-/m1/s1. The summed E-state index contributed by atoms with van der Waals surface area (Å²) in [7, 11) is 0. The largest absolute Gasteiger partial charge is 0.395 e. The summed E-state index contributed by atoms with van der Waals surface area (Å²) in [6.07, 6.45) is 10.2. The first kappa shape index (κ1) is 19.1. The Labute approximate surface area is 157 Å². The van der Waals surface area contributed by atoms with Gasteiger partial charge in [0.25, 0.3) is 0 Å². The number of amides is 1. The molecule has 0 unspecified atom stereocenters. The van der Waals surface area contributed by atoms with Gasteiger partial charge in [0, 0.05) is 25.6 Å². The van der Waals surface area contributed by atoms with Crippen molar-refractivity contribution in [2.75, 3.05) is 32.8 Å². The van der Waals surface area contributed by atoms with E-state index in [1.807, 2.05) is 35.2 Å². The van der Waals surface area contributed by atoms with Gasteiger partial charge in [0.1, 0.15) is 0 Å². The van der Waals surface area contributed by atoms with Crippen molar-refractivity contribution in [1.82, 2.24) is 9.80 Å². The average Bonchev–Trinajstić information content (AvgIpc) is 2.69. The van der Waals surface area contributed by atoms with Crippen LogP contribution >= 0.6 is 0 Å². The first-order valence-corrected chi connectivity index (χ1v) is 10.1. The van der Waals surface area contributed by atoms with Crippen LogP contribution in [-0.2, 0) is 11.3 Å². The molecular weight excluding hydrogens is 324 g/mol. The van der Waals surface area contributed by atoms with E-state index in [0.29, 0.717) is 13.1 Å². The Balaban J connectivity index is 1.49. The second kappa shape index (κ2) is 9.89. The molecule has 0 spiro atoms. The highest BCUT2D eigenvalue weighted by molar-refractivity contribution is 5.79. The zero-order valence-corrected chi connectivity index (χ0v) is 15.7. The topological polar surface area (TPSA) is 43.8 Å². The van der Waals surface area contributed by atoms with Gasteiger partial charge in [-0.25, -0.2) is 0 Å². The van der Waals surface area contributed by atoms with E-state index < -0.39 is 0 Å². The molecule has 0 bridgehead atoms. The van der Waals surface area contributed by atoms with E-state index in [1.165, 1.54) is 25.8 Å². The van der Waals surface area contributed by atoms with Crippen LogP contribution in [0.1, 0.15) is 37.7 Å². The fourth-order valence-electron chi connectivity index (χ4n) is 4.20. The summed E-state index contributed by atoms with van der Waals surface area (Å²) in [5.74, 6) is 1.10. The fourth-order valence-corrected chi connectivity index (χ4v) is 4.20. The molecule has 3 rings (SSSR count). The summed E-state index contributed by atoms with van der Waals surface area (Å²) in [6.45, 7) is 4.25. The van der Waals surface area contributed by atoms with Gasteiger partial charge >= 0.3 is 0 Å². The molecule has 1 aliphatic heterocycles. The van der Waals surface area contributed by atoms with Crippen LogP contribution in [0.5, 0.6) is 0 Å². The maximum atomic E-state index is 13.0. The van der Waals surface area contributed by atoms with Crippen molar-refractivity contribution in [3.05, 3.63) is 48.0 Å². The number of hydrogen-bond acceptors (Lipinski definition) is 3. The summed E-state index contributed by atoms with van der Waals surface area (Å²) < 4.78 is 0. The molecule has 0 radical (unpaired) electrons. The summed E-state index contributed by atoms with van der Waals surface area (Å²) in [5, 5.41) is 9.38. The number of nitrogens with zero attached hydrogens (tertiary/aromatic N) is 2. The van der Waals surface area contributed by atoms with E-state index in [2.05, 4.69) is 17.1 Å². The number of benzene rings is 1. The highest BCUT2D eigenvalue weighted by atomic mass is 16.3. The summed E-state index contributed by atoms with van der Waals surface area (Å²) in [4.78, 5) is 17.4. The number of allylic oxidation sites excluding steroid dienone is 2. The normalized spacial score (nSPS) is 21.7. The zero-order valence-electron chi connectivity index (χ0n) is 15.7. The lowest BCUT2D eigenvalue weighted by Gasteiger charge is -2.36. The van der Waals surface area contributed by atoms with Crippen LogP contribution in [-0.4, -0.2) is 53.6 Å². The summed E-state index contributed by atoms with van der Waals surface area (Å²) >= 11 is 0. The van der Waals surface area contributed by atoms with E-state index in [1.54, 1.807) is 0 Å². The molecule has 4 nitrogen and oxygen atoms in total. The van der Waals surface area contributed by atoms with Gasteiger partial charge in [-0.3, -0.25) is 4.79 Å². The molecule has 2 aliphatic rings. The predicted molar refractivity (Wildman–Crippen MR) is 105 cm³/mol. The van der Waals surface area contributed by atoms with Gasteiger partial charge in [0.2, 0.25) is 5.91 Å². The van der Waals surface area contributed by atoms with Crippen LogP contribution in [0.15, 0.2) is 42.5 Å². The number of hydrogen-bond donors (Lipinski definition) is 1.